The molecule has 0 aliphatic carbocycles. The monoisotopic (exact) mass is 365 g/mol. The molecule has 0 spiro atoms. The molecule has 3 aromatic rings. The molecule has 0 aliphatic rings. The van der Waals surface area contributed by atoms with E-state index in [1.807, 2.05) is 37.3 Å². The van der Waals surface area contributed by atoms with Gasteiger partial charge in [-0.25, -0.2) is 4.79 Å². The molecule has 0 fully saturated rings. The third-order valence-electron chi connectivity index (χ3n) is 3.92. The average molecular weight is 365 g/mol. The molecule has 3 rings (SSSR count). The Morgan fingerprint density at radius 1 is 1.22 bits per heavy atom. The van der Waals surface area contributed by atoms with Gasteiger partial charge in [-0.15, -0.1) is 0 Å². The molecule has 138 valence electrons. The Hall–Kier alpha value is -3.61. The van der Waals surface area contributed by atoms with Crippen molar-refractivity contribution in [3.05, 3.63) is 76.2 Å². The number of H-pyrrole nitrogens is 1. The van der Waals surface area contributed by atoms with Gasteiger partial charge >= 0.3 is 6.09 Å². The summed E-state index contributed by atoms with van der Waals surface area (Å²) in [5.41, 5.74) is 2.63. The summed E-state index contributed by atoms with van der Waals surface area (Å²) in [5.74, 6) is 0.695. The molecule has 1 aromatic heterocycles. The second-order valence-electron chi connectivity index (χ2n) is 5.84. The fourth-order valence-electron chi connectivity index (χ4n) is 2.78. The molecule has 0 radical (unpaired) electrons. The van der Waals surface area contributed by atoms with E-state index < -0.39 is 6.09 Å². The molecular formula is C20H19N3O4. The van der Waals surface area contributed by atoms with Gasteiger partial charge in [0.05, 0.1) is 6.61 Å². The third kappa shape index (κ3) is 4.52. The molecule has 0 unspecified atom stereocenters. The van der Waals surface area contributed by atoms with E-state index in [2.05, 4.69) is 15.5 Å². The summed E-state index contributed by atoms with van der Waals surface area (Å²) in [6.07, 6.45) is 0.710. The van der Waals surface area contributed by atoms with Gasteiger partial charge in [0, 0.05) is 23.9 Å². The van der Waals surface area contributed by atoms with Gasteiger partial charge in [0.15, 0.2) is 0 Å². The summed E-state index contributed by atoms with van der Waals surface area (Å²) in [6, 6.07) is 14.2. The maximum Gasteiger partial charge on any atom is 0.409 e. The molecule has 1 heterocycles. The fourth-order valence-corrected chi connectivity index (χ4v) is 2.78. The van der Waals surface area contributed by atoms with Crippen molar-refractivity contribution in [2.45, 2.75) is 13.3 Å². The number of nitrogens with one attached hydrogen (secondary N) is 2. The number of aromatic nitrogens is 2. The molecule has 0 saturated heterocycles. The van der Waals surface area contributed by atoms with E-state index in [4.69, 9.17) is 9.84 Å². The first-order valence-electron chi connectivity index (χ1n) is 8.46. The smallest absolute Gasteiger partial charge is 0.409 e. The van der Waals surface area contributed by atoms with E-state index >= 15 is 0 Å². The van der Waals surface area contributed by atoms with Crippen molar-refractivity contribution in [1.29, 1.82) is 0 Å². The van der Waals surface area contributed by atoms with Crippen molar-refractivity contribution in [3.63, 3.8) is 0 Å². The Morgan fingerprint density at radius 3 is 2.81 bits per heavy atom. The lowest BCUT2D eigenvalue weighted by molar-refractivity contribution is 0.210. The molecule has 0 aliphatic heterocycles. The summed E-state index contributed by atoms with van der Waals surface area (Å²) in [4.78, 5) is 23.7. The molecule has 27 heavy (non-hydrogen) atoms. The number of nitrogens with zero attached hydrogens (tertiary/aromatic N) is 1. The van der Waals surface area contributed by atoms with Crippen LogP contribution in [0.25, 0.3) is 11.1 Å². The fraction of sp³-hybridized carbons (Fsp3) is 0.150. The van der Waals surface area contributed by atoms with Crippen molar-refractivity contribution in [3.8, 4) is 16.9 Å². The van der Waals surface area contributed by atoms with Crippen LogP contribution in [-0.2, 0) is 6.42 Å². The molecule has 7 nitrogen and oxygen atoms in total. The van der Waals surface area contributed by atoms with E-state index in [-0.39, 0.29) is 11.8 Å². The number of carbonyl (C=O) groups is 1. The van der Waals surface area contributed by atoms with Gasteiger partial charge in [-0.3, -0.25) is 15.2 Å². The first-order chi connectivity index (χ1) is 13.1. The number of hydrogen-bond acceptors (Lipinski definition) is 4. The number of hydrogen-bond donors (Lipinski definition) is 3. The lowest BCUT2D eigenvalue weighted by Crippen LogP contribution is -2.15. The summed E-state index contributed by atoms with van der Waals surface area (Å²) in [5, 5.41) is 18.0. The van der Waals surface area contributed by atoms with Gasteiger partial charge in [-0.05, 0) is 42.3 Å². The van der Waals surface area contributed by atoms with Crippen molar-refractivity contribution < 1.29 is 14.6 Å². The third-order valence-corrected chi connectivity index (χ3v) is 3.92. The number of benzene rings is 2. The summed E-state index contributed by atoms with van der Waals surface area (Å²) in [6.45, 7) is 2.44. The zero-order valence-corrected chi connectivity index (χ0v) is 14.7. The Kier molecular flexibility index (Phi) is 5.51. The van der Waals surface area contributed by atoms with Crippen LogP contribution in [0.4, 0.5) is 10.5 Å². The summed E-state index contributed by atoms with van der Waals surface area (Å²) >= 11 is 0. The highest BCUT2D eigenvalue weighted by molar-refractivity contribution is 5.82. The van der Waals surface area contributed by atoms with Gasteiger partial charge in [-0.1, -0.05) is 24.3 Å². The average Bonchev–Trinajstić information content (AvgIpc) is 2.64. The standard InChI is InChI=1S/C20H19N3O4/c1-2-27-16-8-4-6-14(11-16)17-12-21-23-18(19(17)24)10-13-5-3-7-15(9-13)22-20(25)26/h3-9,11-12,22H,2,10H2,1H3,(H,21,24)(H,25,26). The molecular weight excluding hydrogens is 346 g/mol. The highest BCUT2D eigenvalue weighted by atomic mass is 16.5. The van der Waals surface area contributed by atoms with E-state index in [1.54, 1.807) is 24.4 Å². The van der Waals surface area contributed by atoms with E-state index in [9.17, 15) is 9.59 Å². The Balaban J connectivity index is 1.91. The highest BCUT2D eigenvalue weighted by Gasteiger charge is 2.11. The topological polar surface area (TPSA) is 104 Å². The van der Waals surface area contributed by atoms with Crippen LogP contribution < -0.4 is 15.5 Å². The summed E-state index contributed by atoms with van der Waals surface area (Å²) in [7, 11) is 0. The number of rotatable bonds is 6. The maximum absolute atomic E-state index is 12.9. The second-order valence-corrected chi connectivity index (χ2v) is 5.84. The van der Waals surface area contributed by atoms with Crippen LogP contribution >= 0.6 is 0 Å². The van der Waals surface area contributed by atoms with Gasteiger partial charge in [0.2, 0.25) is 5.43 Å². The first-order valence-corrected chi connectivity index (χ1v) is 8.46. The van der Waals surface area contributed by atoms with Gasteiger partial charge in [0.1, 0.15) is 11.4 Å². The van der Waals surface area contributed by atoms with E-state index in [0.717, 1.165) is 11.1 Å². The Morgan fingerprint density at radius 2 is 2.04 bits per heavy atom. The van der Waals surface area contributed by atoms with Crippen molar-refractivity contribution in [1.82, 2.24) is 10.2 Å². The lowest BCUT2D eigenvalue weighted by atomic mass is 10.0. The van der Waals surface area contributed by atoms with Crippen molar-refractivity contribution >= 4 is 11.8 Å². The van der Waals surface area contributed by atoms with Crippen LogP contribution in [-0.4, -0.2) is 28.0 Å². The van der Waals surface area contributed by atoms with Gasteiger partial charge in [0.25, 0.3) is 0 Å². The van der Waals surface area contributed by atoms with Gasteiger partial charge < -0.3 is 9.84 Å². The minimum atomic E-state index is -1.14. The molecule has 2 aromatic carbocycles. The molecule has 1 amide bonds. The van der Waals surface area contributed by atoms with Crippen LogP contribution in [0, 0.1) is 0 Å². The molecule has 3 N–H and O–H groups in total. The largest absolute Gasteiger partial charge is 0.494 e. The number of ether oxygens (including phenoxy) is 1. The first kappa shape index (κ1) is 18.2. The molecule has 7 heteroatoms. The number of anilines is 1. The van der Waals surface area contributed by atoms with Crippen LogP contribution in [0.2, 0.25) is 0 Å². The normalized spacial score (nSPS) is 10.4. The minimum absolute atomic E-state index is 0.181. The van der Waals surface area contributed by atoms with Crippen LogP contribution in [0.15, 0.2) is 59.5 Å². The SMILES string of the molecule is CCOc1cccc(-c2c[nH]nc(Cc3cccc(NC(=O)O)c3)c2=O)c1. The number of carboxylic acid groups (broad SMARTS) is 1. The molecule has 0 atom stereocenters. The van der Waals surface area contributed by atoms with Crippen molar-refractivity contribution in [2.75, 3.05) is 11.9 Å². The number of amides is 1. The second kappa shape index (κ2) is 8.18. The van der Waals surface area contributed by atoms with Crippen LogP contribution in [0.1, 0.15) is 18.2 Å². The predicted octanol–water partition coefficient (Wildman–Crippen LogP) is 3.52. The lowest BCUT2D eigenvalue weighted by Gasteiger charge is -2.08. The Labute approximate surface area is 155 Å². The quantitative estimate of drug-likeness (QED) is 0.620. The Bertz CT molecular complexity index is 1010. The van der Waals surface area contributed by atoms with E-state index in [1.165, 1.54) is 0 Å². The summed E-state index contributed by atoms with van der Waals surface area (Å²) < 4.78 is 5.50. The number of aromatic amines is 1. The van der Waals surface area contributed by atoms with Crippen LogP contribution in [0.3, 0.4) is 0 Å². The molecule has 0 saturated carbocycles. The maximum atomic E-state index is 12.9. The zero-order chi connectivity index (χ0) is 19.2. The van der Waals surface area contributed by atoms with E-state index in [0.29, 0.717) is 29.3 Å². The molecule has 0 bridgehead atoms. The van der Waals surface area contributed by atoms with Gasteiger partial charge in [-0.2, -0.15) is 5.10 Å². The zero-order valence-electron chi connectivity index (χ0n) is 14.7. The highest BCUT2D eigenvalue weighted by Crippen LogP contribution is 2.21. The van der Waals surface area contributed by atoms with Crippen molar-refractivity contribution in [2.24, 2.45) is 0 Å². The predicted molar refractivity (Wildman–Crippen MR) is 102 cm³/mol. The minimum Gasteiger partial charge on any atom is -0.494 e. The van der Waals surface area contributed by atoms with Crippen LogP contribution in [0.5, 0.6) is 5.75 Å².